The van der Waals surface area contributed by atoms with E-state index in [-0.39, 0.29) is 22.2 Å². The van der Waals surface area contributed by atoms with Gasteiger partial charge in [-0.25, -0.2) is 9.37 Å². The predicted molar refractivity (Wildman–Crippen MR) is 95.9 cm³/mol. The minimum atomic E-state index is -0.442. The summed E-state index contributed by atoms with van der Waals surface area (Å²) in [7, 11) is 1.68. The maximum Gasteiger partial charge on any atom is 0.231 e. The zero-order chi connectivity index (χ0) is 17.1. The molecule has 2 unspecified atom stereocenters. The van der Waals surface area contributed by atoms with Crippen molar-refractivity contribution in [2.45, 2.75) is 19.1 Å². The van der Waals surface area contributed by atoms with E-state index < -0.39 is 5.82 Å². The summed E-state index contributed by atoms with van der Waals surface area (Å²) in [6, 6.07) is 1.34. The summed E-state index contributed by atoms with van der Waals surface area (Å²) in [6.45, 7) is 3.91. The average molecular weight is 374 g/mol. The van der Waals surface area contributed by atoms with Crippen molar-refractivity contribution >= 4 is 45.6 Å². The lowest BCUT2D eigenvalue weighted by Gasteiger charge is -2.23. The Kier molecular flexibility index (Phi) is 6.00. The van der Waals surface area contributed by atoms with Crippen molar-refractivity contribution in [3.8, 4) is 10.6 Å². The van der Waals surface area contributed by atoms with Gasteiger partial charge in [-0.15, -0.1) is 0 Å². The summed E-state index contributed by atoms with van der Waals surface area (Å²) in [6.07, 6.45) is 4.62. The number of thioether (sulfide) groups is 1. The molecule has 0 N–H and O–H groups in total. The highest BCUT2D eigenvalue weighted by atomic mass is 35.5. The maximum atomic E-state index is 13.3. The van der Waals surface area contributed by atoms with Gasteiger partial charge in [0.25, 0.3) is 0 Å². The number of hydrogen-bond acceptors (Lipinski definition) is 5. The van der Waals surface area contributed by atoms with Crippen molar-refractivity contribution in [2.24, 2.45) is 5.92 Å². The number of aromatic nitrogens is 2. The van der Waals surface area contributed by atoms with Crippen molar-refractivity contribution in [2.75, 3.05) is 18.2 Å². The van der Waals surface area contributed by atoms with Gasteiger partial charge in [-0.1, -0.05) is 36.8 Å². The van der Waals surface area contributed by atoms with E-state index in [2.05, 4.69) is 9.97 Å². The van der Waals surface area contributed by atoms with Crippen molar-refractivity contribution in [1.82, 2.24) is 9.97 Å². The molecule has 0 aliphatic rings. The fraction of sp³-hybridized carbons (Fsp3) is 0.400. The lowest BCUT2D eigenvalue weighted by molar-refractivity contribution is -0.121. The van der Waals surface area contributed by atoms with E-state index in [9.17, 15) is 9.18 Å². The molecule has 0 saturated carbocycles. The Balaban J connectivity index is 2.29. The molecular weight excluding hydrogens is 357 g/mol. The smallest absolute Gasteiger partial charge is 0.231 e. The number of halogens is 2. The molecule has 1 amide bonds. The van der Waals surface area contributed by atoms with Crippen molar-refractivity contribution in [1.29, 1.82) is 0 Å². The van der Waals surface area contributed by atoms with E-state index in [0.717, 1.165) is 6.20 Å². The monoisotopic (exact) mass is 373 g/mol. The molecule has 0 fully saturated rings. The second-order valence-corrected chi connectivity index (χ2v) is 7.68. The van der Waals surface area contributed by atoms with E-state index >= 15 is 0 Å². The molecule has 0 spiro atoms. The third-order valence-electron chi connectivity index (χ3n) is 3.62. The van der Waals surface area contributed by atoms with E-state index in [1.54, 1.807) is 18.8 Å². The Hall–Kier alpha value is -1.18. The fourth-order valence-electron chi connectivity index (χ4n) is 1.96. The second-order valence-electron chi connectivity index (χ2n) is 5.13. The fourth-order valence-corrected chi connectivity index (χ4v) is 3.77. The Morgan fingerprint density at radius 2 is 2.13 bits per heavy atom. The maximum absolute atomic E-state index is 13.3. The molecule has 2 rings (SSSR count). The quantitative estimate of drug-likeness (QED) is 0.781. The normalized spacial score (nSPS) is 13.7. The van der Waals surface area contributed by atoms with Gasteiger partial charge in [0.15, 0.2) is 5.15 Å². The number of carbonyl (C=O) groups excluding carboxylic acids is 1. The highest BCUT2D eigenvalue weighted by molar-refractivity contribution is 7.99. The van der Waals surface area contributed by atoms with E-state index in [1.807, 2.05) is 20.1 Å². The molecular formula is C15H17ClFN3OS2. The van der Waals surface area contributed by atoms with Gasteiger partial charge >= 0.3 is 0 Å². The Bertz CT molecular complexity index is 710. The van der Waals surface area contributed by atoms with Crippen LogP contribution in [0.1, 0.15) is 13.8 Å². The molecule has 0 aliphatic heterocycles. The number of carbonyl (C=O) groups is 1. The average Bonchev–Trinajstić information content (AvgIpc) is 2.93. The van der Waals surface area contributed by atoms with Gasteiger partial charge in [-0.05, 0) is 12.3 Å². The standard InChI is InChI=1S/C15H17ClFN3OS2/c1-8(9(2)22-4)14(21)20(3)15-12(16)19-13(23-15)10-5-11(17)7-18-6-10/h5-9H,1-4H3. The van der Waals surface area contributed by atoms with Crippen molar-refractivity contribution < 1.29 is 9.18 Å². The Labute approximate surface area is 148 Å². The number of amides is 1. The molecule has 0 bridgehead atoms. The first-order chi connectivity index (χ1) is 10.8. The van der Waals surface area contributed by atoms with Gasteiger partial charge in [-0.2, -0.15) is 11.8 Å². The van der Waals surface area contributed by atoms with E-state index in [4.69, 9.17) is 11.6 Å². The SMILES string of the molecule is CSC(C)C(C)C(=O)N(C)c1sc(-c2cncc(F)c2)nc1Cl. The Morgan fingerprint density at radius 3 is 2.74 bits per heavy atom. The molecule has 2 heterocycles. The molecule has 2 aromatic heterocycles. The van der Waals surface area contributed by atoms with Crippen molar-refractivity contribution in [3.05, 3.63) is 29.4 Å². The summed E-state index contributed by atoms with van der Waals surface area (Å²) in [4.78, 5) is 22.1. The van der Waals surface area contributed by atoms with Crippen LogP contribution in [-0.4, -0.2) is 34.4 Å². The minimum absolute atomic E-state index is 0.0266. The highest BCUT2D eigenvalue weighted by Crippen LogP contribution is 2.38. The van der Waals surface area contributed by atoms with Gasteiger partial charge in [0.1, 0.15) is 15.8 Å². The van der Waals surface area contributed by atoms with Crippen LogP contribution >= 0.6 is 34.7 Å². The van der Waals surface area contributed by atoms with Gasteiger partial charge < -0.3 is 4.90 Å². The molecule has 0 saturated heterocycles. The van der Waals surface area contributed by atoms with Gasteiger partial charge in [0, 0.05) is 30.0 Å². The first-order valence-corrected chi connectivity index (χ1v) is 9.41. The molecule has 4 nitrogen and oxygen atoms in total. The molecule has 0 radical (unpaired) electrons. The Morgan fingerprint density at radius 1 is 1.43 bits per heavy atom. The number of anilines is 1. The zero-order valence-electron chi connectivity index (χ0n) is 13.2. The first-order valence-electron chi connectivity index (χ1n) is 6.92. The third kappa shape index (κ3) is 4.02. The second kappa shape index (κ2) is 7.59. The van der Waals surface area contributed by atoms with Crippen LogP contribution in [0.15, 0.2) is 18.5 Å². The van der Waals surface area contributed by atoms with Crippen LogP contribution in [0.4, 0.5) is 9.39 Å². The van der Waals surface area contributed by atoms with Crippen LogP contribution in [0.25, 0.3) is 10.6 Å². The zero-order valence-corrected chi connectivity index (χ0v) is 15.6. The highest BCUT2D eigenvalue weighted by Gasteiger charge is 2.26. The predicted octanol–water partition coefficient (Wildman–Crippen LogP) is 4.35. The number of pyridine rings is 1. The summed E-state index contributed by atoms with van der Waals surface area (Å²) < 4.78 is 13.3. The van der Waals surface area contributed by atoms with Gasteiger partial charge in [0.05, 0.1) is 6.20 Å². The van der Waals surface area contributed by atoms with Crippen LogP contribution in [0, 0.1) is 11.7 Å². The van der Waals surface area contributed by atoms with Crippen LogP contribution < -0.4 is 4.90 Å². The van der Waals surface area contributed by atoms with Crippen LogP contribution in [0.3, 0.4) is 0 Å². The molecule has 23 heavy (non-hydrogen) atoms. The van der Waals surface area contributed by atoms with Gasteiger partial charge in [0.2, 0.25) is 5.91 Å². The molecule has 8 heteroatoms. The topological polar surface area (TPSA) is 46.1 Å². The molecule has 0 aromatic carbocycles. The lowest BCUT2D eigenvalue weighted by Crippen LogP contribution is -2.35. The van der Waals surface area contributed by atoms with Crippen LogP contribution in [0.2, 0.25) is 5.15 Å². The van der Waals surface area contributed by atoms with Crippen LogP contribution in [0.5, 0.6) is 0 Å². The molecule has 2 atom stereocenters. The number of nitrogens with zero attached hydrogens (tertiary/aromatic N) is 3. The van der Waals surface area contributed by atoms with Crippen molar-refractivity contribution in [3.63, 3.8) is 0 Å². The van der Waals surface area contributed by atoms with Crippen LogP contribution in [-0.2, 0) is 4.79 Å². The molecule has 124 valence electrons. The largest absolute Gasteiger partial charge is 0.304 e. The number of rotatable bonds is 5. The van der Waals surface area contributed by atoms with Gasteiger partial charge in [-0.3, -0.25) is 9.78 Å². The summed E-state index contributed by atoms with van der Waals surface area (Å²) >= 11 is 9.06. The minimum Gasteiger partial charge on any atom is -0.304 e. The third-order valence-corrected chi connectivity index (χ3v) is 6.33. The number of hydrogen-bond donors (Lipinski definition) is 0. The molecule has 2 aromatic rings. The summed E-state index contributed by atoms with van der Waals surface area (Å²) in [5, 5.41) is 1.51. The van der Waals surface area contributed by atoms with E-state index in [0.29, 0.717) is 15.6 Å². The van der Waals surface area contributed by atoms with E-state index in [1.165, 1.54) is 28.5 Å². The molecule has 0 aliphatic carbocycles. The summed E-state index contributed by atoms with van der Waals surface area (Å²) in [5.74, 6) is -0.615. The first kappa shape index (κ1) is 18.2. The lowest BCUT2D eigenvalue weighted by atomic mass is 10.1. The summed E-state index contributed by atoms with van der Waals surface area (Å²) in [5.41, 5.74) is 0.537. The number of thiazole rings is 1.